The first kappa shape index (κ1) is 15.2. The van der Waals surface area contributed by atoms with Crippen molar-refractivity contribution in [2.75, 3.05) is 13.2 Å². The van der Waals surface area contributed by atoms with E-state index in [-0.39, 0.29) is 11.9 Å². The summed E-state index contributed by atoms with van der Waals surface area (Å²) in [5.74, 6) is 1.92. The van der Waals surface area contributed by atoms with Crippen molar-refractivity contribution < 1.29 is 18.6 Å². The van der Waals surface area contributed by atoms with Gasteiger partial charge in [-0.05, 0) is 62.4 Å². The van der Waals surface area contributed by atoms with Crippen molar-refractivity contribution in [3.8, 4) is 17.2 Å². The summed E-state index contributed by atoms with van der Waals surface area (Å²) in [4.78, 5) is 0. The molecule has 0 N–H and O–H groups in total. The van der Waals surface area contributed by atoms with Crippen LogP contribution in [-0.4, -0.2) is 19.3 Å². The number of ether oxygens (including phenoxy) is 3. The van der Waals surface area contributed by atoms with Gasteiger partial charge in [-0.15, -0.1) is 0 Å². The Labute approximate surface area is 124 Å². The first-order valence-corrected chi connectivity index (χ1v) is 6.95. The Kier molecular flexibility index (Phi) is 5.43. The van der Waals surface area contributed by atoms with Gasteiger partial charge in [-0.1, -0.05) is 0 Å². The highest BCUT2D eigenvalue weighted by molar-refractivity contribution is 5.31. The first-order chi connectivity index (χ1) is 10.2. The minimum absolute atomic E-state index is 0.137. The van der Waals surface area contributed by atoms with Crippen LogP contribution in [0.2, 0.25) is 0 Å². The zero-order valence-corrected chi connectivity index (χ0v) is 12.2. The molecule has 0 fully saturated rings. The predicted molar refractivity (Wildman–Crippen MR) is 79.6 cm³/mol. The predicted octanol–water partition coefficient (Wildman–Crippen LogP) is 4.07. The van der Waals surface area contributed by atoms with Gasteiger partial charge in [0.25, 0.3) is 0 Å². The van der Waals surface area contributed by atoms with Crippen molar-refractivity contribution >= 4 is 0 Å². The van der Waals surface area contributed by atoms with E-state index in [1.165, 1.54) is 12.1 Å². The van der Waals surface area contributed by atoms with E-state index in [1.807, 2.05) is 38.1 Å². The molecule has 0 amide bonds. The molecule has 1 unspecified atom stereocenters. The van der Waals surface area contributed by atoms with Gasteiger partial charge in [-0.25, -0.2) is 4.39 Å². The maximum atomic E-state index is 12.8. The van der Waals surface area contributed by atoms with Gasteiger partial charge in [0, 0.05) is 0 Å². The normalized spacial score (nSPS) is 11.8. The monoisotopic (exact) mass is 290 g/mol. The molecule has 2 rings (SSSR count). The van der Waals surface area contributed by atoms with Crippen LogP contribution in [0.4, 0.5) is 4.39 Å². The molecule has 0 aliphatic carbocycles. The largest absolute Gasteiger partial charge is 0.494 e. The van der Waals surface area contributed by atoms with Crippen LogP contribution < -0.4 is 14.2 Å². The minimum atomic E-state index is -0.277. The topological polar surface area (TPSA) is 27.7 Å². The van der Waals surface area contributed by atoms with Gasteiger partial charge >= 0.3 is 0 Å². The van der Waals surface area contributed by atoms with Gasteiger partial charge in [-0.3, -0.25) is 0 Å². The van der Waals surface area contributed by atoms with Crippen LogP contribution in [0.15, 0.2) is 48.5 Å². The van der Waals surface area contributed by atoms with Crippen molar-refractivity contribution in [2.45, 2.75) is 20.0 Å². The van der Waals surface area contributed by atoms with Gasteiger partial charge < -0.3 is 14.2 Å². The molecule has 0 spiro atoms. The molecule has 3 nitrogen and oxygen atoms in total. The Morgan fingerprint density at radius 2 is 1.38 bits per heavy atom. The summed E-state index contributed by atoms with van der Waals surface area (Å²) in [5.41, 5.74) is 0. The number of halogens is 1. The second-order valence-corrected chi connectivity index (χ2v) is 4.60. The van der Waals surface area contributed by atoms with Gasteiger partial charge in [0.05, 0.1) is 6.61 Å². The molecule has 0 heterocycles. The van der Waals surface area contributed by atoms with Crippen LogP contribution in [0, 0.1) is 5.82 Å². The molecule has 0 saturated carbocycles. The molecule has 0 bridgehead atoms. The molecule has 0 radical (unpaired) electrons. The Morgan fingerprint density at radius 1 is 0.857 bits per heavy atom. The van der Waals surface area contributed by atoms with Gasteiger partial charge in [0.2, 0.25) is 0 Å². The minimum Gasteiger partial charge on any atom is -0.494 e. The lowest BCUT2D eigenvalue weighted by molar-refractivity contribution is 0.143. The summed E-state index contributed by atoms with van der Waals surface area (Å²) in [6.45, 7) is 4.89. The molecular weight excluding hydrogens is 271 g/mol. The van der Waals surface area contributed by atoms with E-state index in [0.29, 0.717) is 19.0 Å². The lowest BCUT2D eigenvalue weighted by Gasteiger charge is -2.15. The van der Waals surface area contributed by atoms with Crippen LogP contribution in [0.5, 0.6) is 17.2 Å². The Hall–Kier alpha value is -2.23. The summed E-state index contributed by atoms with van der Waals surface area (Å²) in [6.07, 6.45) is -0.137. The first-order valence-electron chi connectivity index (χ1n) is 6.95. The lowest BCUT2D eigenvalue weighted by atomic mass is 10.3. The Bertz CT molecular complexity index is 537. The fourth-order valence-electron chi connectivity index (χ4n) is 1.79. The Balaban J connectivity index is 1.80. The maximum absolute atomic E-state index is 12.8. The summed E-state index contributed by atoms with van der Waals surface area (Å²) in [6, 6.07) is 13.4. The summed E-state index contributed by atoms with van der Waals surface area (Å²) in [5, 5.41) is 0. The fourth-order valence-corrected chi connectivity index (χ4v) is 1.79. The molecular formula is C17H19FO3. The molecule has 0 aromatic heterocycles. The fraction of sp³-hybridized carbons (Fsp3) is 0.294. The van der Waals surface area contributed by atoms with Crippen LogP contribution >= 0.6 is 0 Å². The van der Waals surface area contributed by atoms with E-state index in [4.69, 9.17) is 14.2 Å². The number of benzene rings is 2. The molecule has 0 saturated heterocycles. The van der Waals surface area contributed by atoms with Crippen molar-refractivity contribution in [3.05, 3.63) is 54.3 Å². The smallest absolute Gasteiger partial charge is 0.130 e. The van der Waals surface area contributed by atoms with Crippen LogP contribution in [0.1, 0.15) is 13.8 Å². The summed E-state index contributed by atoms with van der Waals surface area (Å²) < 4.78 is 29.4. The SMILES string of the molecule is CCOc1ccc(OCC(C)Oc2ccc(F)cc2)cc1. The van der Waals surface area contributed by atoms with E-state index < -0.39 is 0 Å². The molecule has 2 aromatic rings. The highest BCUT2D eigenvalue weighted by atomic mass is 19.1. The van der Waals surface area contributed by atoms with Gasteiger partial charge in [-0.2, -0.15) is 0 Å². The van der Waals surface area contributed by atoms with Crippen molar-refractivity contribution in [2.24, 2.45) is 0 Å². The quantitative estimate of drug-likeness (QED) is 0.769. The second kappa shape index (κ2) is 7.53. The number of rotatable bonds is 7. The molecule has 21 heavy (non-hydrogen) atoms. The standard InChI is InChI=1S/C17H19FO3/c1-3-19-15-8-10-16(11-9-15)20-12-13(2)21-17-6-4-14(18)5-7-17/h4-11,13H,3,12H2,1-2H3. The van der Waals surface area contributed by atoms with E-state index >= 15 is 0 Å². The van der Waals surface area contributed by atoms with E-state index in [9.17, 15) is 4.39 Å². The third-order valence-corrected chi connectivity index (χ3v) is 2.77. The zero-order chi connectivity index (χ0) is 15.1. The van der Waals surface area contributed by atoms with E-state index in [2.05, 4.69) is 0 Å². The van der Waals surface area contributed by atoms with Crippen molar-refractivity contribution in [1.82, 2.24) is 0 Å². The van der Waals surface area contributed by atoms with Gasteiger partial charge in [0.1, 0.15) is 35.8 Å². The molecule has 2 aromatic carbocycles. The molecule has 0 aliphatic rings. The average Bonchev–Trinajstić information content (AvgIpc) is 2.49. The van der Waals surface area contributed by atoms with Gasteiger partial charge in [0.15, 0.2) is 0 Å². The number of hydrogen-bond acceptors (Lipinski definition) is 3. The lowest BCUT2D eigenvalue weighted by Crippen LogP contribution is -2.21. The van der Waals surface area contributed by atoms with Crippen molar-refractivity contribution in [3.63, 3.8) is 0 Å². The summed E-state index contributed by atoms with van der Waals surface area (Å²) in [7, 11) is 0. The third kappa shape index (κ3) is 4.99. The van der Waals surface area contributed by atoms with Crippen molar-refractivity contribution in [1.29, 1.82) is 0 Å². The molecule has 4 heteroatoms. The maximum Gasteiger partial charge on any atom is 0.130 e. The highest BCUT2D eigenvalue weighted by Gasteiger charge is 2.06. The molecule has 0 aliphatic heterocycles. The summed E-state index contributed by atoms with van der Waals surface area (Å²) >= 11 is 0. The average molecular weight is 290 g/mol. The zero-order valence-electron chi connectivity index (χ0n) is 12.2. The van der Waals surface area contributed by atoms with Crippen LogP contribution in [0.3, 0.4) is 0 Å². The Morgan fingerprint density at radius 3 is 1.95 bits per heavy atom. The van der Waals surface area contributed by atoms with E-state index in [0.717, 1.165) is 11.5 Å². The molecule has 112 valence electrons. The number of hydrogen-bond donors (Lipinski definition) is 0. The molecule has 1 atom stereocenters. The second-order valence-electron chi connectivity index (χ2n) is 4.60. The third-order valence-electron chi connectivity index (χ3n) is 2.77. The van der Waals surface area contributed by atoms with Crippen LogP contribution in [-0.2, 0) is 0 Å². The highest BCUT2D eigenvalue weighted by Crippen LogP contribution is 2.18. The van der Waals surface area contributed by atoms with Crippen LogP contribution in [0.25, 0.3) is 0 Å². The van der Waals surface area contributed by atoms with E-state index in [1.54, 1.807) is 12.1 Å².